The van der Waals surface area contributed by atoms with E-state index in [4.69, 9.17) is 4.74 Å². The Kier molecular flexibility index (Phi) is 2.99. The van der Waals surface area contributed by atoms with Crippen molar-refractivity contribution in [2.45, 2.75) is 13.0 Å². The summed E-state index contributed by atoms with van der Waals surface area (Å²) in [4.78, 5) is 10.5. The van der Waals surface area contributed by atoms with Crippen LogP contribution in [0.1, 0.15) is 6.92 Å². The Bertz CT molecular complexity index is 495. The summed E-state index contributed by atoms with van der Waals surface area (Å²) in [5.41, 5.74) is 0.753. The molecule has 17 heavy (non-hydrogen) atoms. The predicted molar refractivity (Wildman–Crippen MR) is 54.3 cm³/mol. The van der Waals surface area contributed by atoms with Crippen molar-refractivity contribution in [3.05, 3.63) is 30.6 Å². The SMILES string of the molecule is C[C@@H](Oc1ccc(-n2cnnn2)cc1)C(=O)[O-]. The lowest BCUT2D eigenvalue weighted by atomic mass is 10.3. The summed E-state index contributed by atoms with van der Waals surface area (Å²) in [6.07, 6.45) is 0.466. The van der Waals surface area contributed by atoms with Crippen molar-refractivity contribution in [2.24, 2.45) is 0 Å². The van der Waals surface area contributed by atoms with Crippen molar-refractivity contribution < 1.29 is 14.6 Å². The molecule has 2 rings (SSSR count). The van der Waals surface area contributed by atoms with Crippen LogP contribution in [-0.2, 0) is 4.79 Å². The van der Waals surface area contributed by atoms with Crippen molar-refractivity contribution in [3.8, 4) is 11.4 Å². The number of carbonyl (C=O) groups is 1. The summed E-state index contributed by atoms with van der Waals surface area (Å²) in [5.74, 6) is -0.812. The van der Waals surface area contributed by atoms with E-state index in [1.165, 1.54) is 17.9 Å². The topological polar surface area (TPSA) is 93.0 Å². The van der Waals surface area contributed by atoms with Crippen LogP contribution in [0.2, 0.25) is 0 Å². The molecule has 0 amide bonds. The molecule has 2 aromatic rings. The average Bonchev–Trinajstić information content (AvgIpc) is 2.83. The first-order chi connectivity index (χ1) is 8.16. The lowest BCUT2D eigenvalue weighted by Crippen LogP contribution is -2.37. The van der Waals surface area contributed by atoms with E-state index in [1.807, 2.05) is 0 Å². The maximum absolute atomic E-state index is 10.5. The van der Waals surface area contributed by atoms with Crippen LogP contribution in [0.4, 0.5) is 0 Å². The van der Waals surface area contributed by atoms with Crippen molar-refractivity contribution >= 4 is 5.97 Å². The highest BCUT2D eigenvalue weighted by Gasteiger charge is 2.05. The molecule has 0 saturated heterocycles. The molecule has 1 aromatic carbocycles. The van der Waals surface area contributed by atoms with Crippen LogP contribution in [0, 0.1) is 0 Å². The van der Waals surface area contributed by atoms with Crippen molar-refractivity contribution in [2.75, 3.05) is 0 Å². The number of hydrogen-bond acceptors (Lipinski definition) is 6. The number of carbonyl (C=O) groups excluding carboxylic acids is 1. The van der Waals surface area contributed by atoms with E-state index in [1.54, 1.807) is 24.3 Å². The number of benzene rings is 1. The number of tetrazole rings is 1. The minimum atomic E-state index is -1.26. The molecule has 0 radical (unpaired) electrons. The van der Waals surface area contributed by atoms with Crippen LogP contribution in [0.15, 0.2) is 30.6 Å². The molecule has 1 heterocycles. The third-order valence-corrected chi connectivity index (χ3v) is 2.10. The third kappa shape index (κ3) is 2.57. The van der Waals surface area contributed by atoms with E-state index >= 15 is 0 Å². The van der Waals surface area contributed by atoms with E-state index in [9.17, 15) is 9.90 Å². The number of aliphatic carboxylic acids is 1. The largest absolute Gasteiger partial charge is 0.546 e. The summed E-state index contributed by atoms with van der Waals surface area (Å²) < 4.78 is 6.60. The van der Waals surface area contributed by atoms with E-state index in [0.717, 1.165) is 5.69 Å². The zero-order valence-electron chi connectivity index (χ0n) is 8.98. The van der Waals surface area contributed by atoms with Gasteiger partial charge in [-0.15, -0.1) is 5.10 Å². The molecule has 1 aromatic heterocycles. The molecule has 7 nitrogen and oxygen atoms in total. The summed E-state index contributed by atoms with van der Waals surface area (Å²) in [6.45, 7) is 1.41. The molecule has 88 valence electrons. The molecule has 0 fully saturated rings. The highest BCUT2D eigenvalue weighted by molar-refractivity contribution is 5.69. The molecule has 0 aliphatic carbocycles. The molecule has 0 bridgehead atoms. The van der Waals surface area contributed by atoms with Gasteiger partial charge in [-0.3, -0.25) is 0 Å². The van der Waals surface area contributed by atoms with Gasteiger partial charge in [0, 0.05) is 0 Å². The van der Waals surface area contributed by atoms with Gasteiger partial charge in [-0.2, -0.15) is 0 Å². The molecule has 0 spiro atoms. The van der Waals surface area contributed by atoms with Gasteiger partial charge in [0.1, 0.15) is 18.2 Å². The van der Waals surface area contributed by atoms with Crippen LogP contribution >= 0.6 is 0 Å². The lowest BCUT2D eigenvalue weighted by Gasteiger charge is -2.15. The summed E-state index contributed by atoms with van der Waals surface area (Å²) in [5, 5.41) is 21.2. The van der Waals surface area contributed by atoms with E-state index < -0.39 is 12.1 Å². The second-order valence-corrected chi connectivity index (χ2v) is 3.33. The van der Waals surface area contributed by atoms with Crippen LogP contribution < -0.4 is 9.84 Å². The Morgan fingerprint density at radius 3 is 2.65 bits per heavy atom. The zero-order valence-corrected chi connectivity index (χ0v) is 8.98. The normalized spacial score (nSPS) is 12.1. The van der Waals surface area contributed by atoms with Crippen molar-refractivity contribution in [3.63, 3.8) is 0 Å². The molecule has 0 unspecified atom stereocenters. The number of aromatic nitrogens is 4. The number of nitrogens with zero attached hydrogens (tertiary/aromatic N) is 4. The molecular weight excluding hydrogens is 224 g/mol. The van der Waals surface area contributed by atoms with E-state index in [0.29, 0.717) is 5.75 Å². The van der Waals surface area contributed by atoms with Gasteiger partial charge in [-0.25, -0.2) is 4.68 Å². The highest BCUT2D eigenvalue weighted by atomic mass is 16.5. The molecule has 0 saturated carbocycles. The van der Waals surface area contributed by atoms with E-state index in [2.05, 4.69) is 15.5 Å². The van der Waals surface area contributed by atoms with E-state index in [-0.39, 0.29) is 0 Å². The predicted octanol–water partition coefficient (Wildman–Crippen LogP) is -0.821. The Morgan fingerprint density at radius 2 is 2.12 bits per heavy atom. The fraction of sp³-hybridized carbons (Fsp3) is 0.200. The maximum atomic E-state index is 10.5. The minimum Gasteiger partial charge on any atom is -0.546 e. The summed E-state index contributed by atoms with van der Waals surface area (Å²) in [7, 11) is 0. The number of rotatable bonds is 4. The number of hydrogen-bond donors (Lipinski definition) is 0. The molecule has 0 N–H and O–H groups in total. The highest BCUT2D eigenvalue weighted by Crippen LogP contribution is 2.15. The van der Waals surface area contributed by atoms with Crippen LogP contribution in [-0.4, -0.2) is 32.3 Å². The van der Waals surface area contributed by atoms with Gasteiger partial charge in [0.25, 0.3) is 0 Å². The molecular formula is C10H9N4O3-. The fourth-order valence-corrected chi connectivity index (χ4v) is 1.21. The first kappa shape index (κ1) is 11.1. The smallest absolute Gasteiger partial charge is 0.143 e. The van der Waals surface area contributed by atoms with Crippen molar-refractivity contribution in [1.82, 2.24) is 20.2 Å². The van der Waals surface area contributed by atoms with Crippen LogP contribution in [0.3, 0.4) is 0 Å². The van der Waals surface area contributed by atoms with Gasteiger partial charge in [0.05, 0.1) is 11.7 Å². The van der Waals surface area contributed by atoms with Gasteiger partial charge >= 0.3 is 0 Å². The Balaban J connectivity index is 2.11. The van der Waals surface area contributed by atoms with Crippen LogP contribution in [0.5, 0.6) is 5.75 Å². The first-order valence-corrected chi connectivity index (χ1v) is 4.88. The molecule has 1 atom stereocenters. The molecule has 7 heteroatoms. The Hall–Kier alpha value is -2.44. The van der Waals surface area contributed by atoms with Gasteiger partial charge in [-0.05, 0) is 41.6 Å². The average molecular weight is 233 g/mol. The van der Waals surface area contributed by atoms with Crippen molar-refractivity contribution in [1.29, 1.82) is 0 Å². The summed E-state index contributed by atoms with van der Waals surface area (Å²) in [6, 6.07) is 6.70. The quantitative estimate of drug-likeness (QED) is 0.685. The zero-order chi connectivity index (χ0) is 12.3. The lowest BCUT2D eigenvalue weighted by molar-refractivity contribution is -0.312. The number of carboxylic acid groups (broad SMARTS) is 1. The number of ether oxygens (including phenoxy) is 1. The first-order valence-electron chi connectivity index (χ1n) is 4.88. The van der Waals surface area contributed by atoms with Gasteiger partial charge < -0.3 is 14.6 Å². The Morgan fingerprint density at radius 1 is 1.41 bits per heavy atom. The second kappa shape index (κ2) is 4.60. The second-order valence-electron chi connectivity index (χ2n) is 3.33. The van der Waals surface area contributed by atoms with Gasteiger partial charge in [0.2, 0.25) is 0 Å². The van der Waals surface area contributed by atoms with Crippen LogP contribution in [0.25, 0.3) is 5.69 Å². The Labute approximate surface area is 96.6 Å². The molecule has 0 aliphatic heterocycles. The standard InChI is InChI=1S/C10H10N4O3/c1-7(10(15)16)17-9-4-2-8(3-5-9)14-6-11-12-13-14/h2-7H,1H3,(H,15,16)/p-1/t7-/m1/s1. The molecule has 0 aliphatic rings. The monoisotopic (exact) mass is 233 g/mol. The number of carboxylic acids is 1. The van der Waals surface area contributed by atoms with Gasteiger partial charge in [-0.1, -0.05) is 0 Å². The fourth-order valence-electron chi connectivity index (χ4n) is 1.21. The third-order valence-electron chi connectivity index (χ3n) is 2.10. The van der Waals surface area contributed by atoms with Gasteiger partial charge in [0.15, 0.2) is 0 Å². The maximum Gasteiger partial charge on any atom is 0.143 e. The summed E-state index contributed by atoms with van der Waals surface area (Å²) >= 11 is 0. The minimum absolute atomic E-state index is 0.443.